The van der Waals surface area contributed by atoms with Crippen LogP contribution in [0.3, 0.4) is 0 Å². The van der Waals surface area contributed by atoms with Gasteiger partial charge in [0, 0.05) is 18.3 Å². The number of hydrogen-bond acceptors (Lipinski definition) is 3. The Hall–Kier alpha value is -1.14. The number of halogens is 3. The van der Waals surface area contributed by atoms with Crippen LogP contribution in [0.4, 0.5) is 13.2 Å². The molecule has 2 fully saturated rings. The molecule has 0 spiro atoms. The molecule has 3 rings (SSSR count). The lowest BCUT2D eigenvalue weighted by Gasteiger charge is -2.37. The maximum Gasteiger partial charge on any atom is 0.418 e. The molecule has 2 atom stereocenters. The summed E-state index contributed by atoms with van der Waals surface area (Å²) in [5.74, 6) is 0. The molecular weight excluding hydrogens is 257 g/mol. The summed E-state index contributed by atoms with van der Waals surface area (Å²) >= 11 is 0. The number of rotatable bonds is 1. The highest BCUT2D eigenvalue weighted by atomic mass is 19.4. The minimum absolute atomic E-state index is 0.0897. The Morgan fingerprint density at radius 1 is 1.26 bits per heavy atom. The van der Waals surface area contributed by atoms with Crippen LogP contribution in [0, 0.1) is 0 Å². The quantitative estimate of drug-likeness (QED) is 0.824. The van der Waals surface area contributed by atoms with E-state index in [9.17, 15) is 18.3 Å². The predicted octanol–water partition coefficient (Wildman–Crippen LogP) is 2.20. The molecule has 104 valence electrons. The van der Waals surface area contributed by atoms with Crippen molar-refractivity contribution in [2.24, 2.45) is 0 Å². The highest BCUT2D eigenvalue weighted by Crippen LogP contribution is 2.44. The maximum atomic E-state index is 13.0. The topological polar surface area (TPSA) is 45.2 Å². The van der Waals surface area contributed by atoms with Gasteiger partial charge in [0.25, 0.3) is 0 Å². The van der Waals surface area contributed by atoms with E-state index in [-0.39, 0.29) is 17.8 Å². The van der Waals surface area contributed by atoms with Crippen molar-refractivity contribution in [3.05, 3.63) is 29.6 Å². The molecular formula is C13H15F3N2O. The number of pyridine rings is 1. The second kappa shape index (κ2) is 4.18. The van der Waals surface area contributed by atoms with E-state index in [2.05, 4.69) is 10.3 Å². The third-order valence-corrected chi connectivity index (χ3v) is 4.06. The van der Waals surface area contributed by atoms with Crippen molar-refractivity contribution in [1.29, 1.82) is 0 Å². The Kier molecular flexibility index (Phi) is 2.83. The number of fused-ring (bicyclic) bond motifs is 2. The van der Waals surface area contributed by atoms with Crippen LogP contribution in [0.15, 0.2) is 18.3 Å². The van der Waals surface area contributed by atoms with Crippen molar-refractivity contribution in [2.45, 2.75) is 49.5 Å². The second-order valence-corrected chi connectivity index (χ2v) is 5.48. The summed E-state index contributed by atoms with van der Waals surface area (Å²) in [5.41, 5.74) is -2.51. The SMILES string of the molecule is OC1(c2ncccc2C(F)(F)F)CC2CCC(C1)N2. The first-order chi connectivity index (χ1) is 8.88. The third-order valence-electron chi connectivity index (χ3n) is 4.06. The van der Waals surface area contributed by atoms with E-state index in [1.54, 1.807) is 0 Å². The molecule has 2 unspecified atom stereocenters. The molecule has 2 bridgehead atoms. The molecule has 2 saturated heterocycles. The van der Waals surface area contributed by atoms with Gasteiger partial charge in [-0.25, -0.2) is 0 Å². The standard InChI is InChI=1S/C13H15F3N2O/c14-13(15,16)10-2-1-5-17-11(10)12(19)6-8-3-4-9(7-12)18-8/h1-2,5,8-9,18-19H,3-4,6-7H2. The molecule has 0 saturated carbocycles. The van der Waals surface area contributed by atoms with Gasteiger partial charge in [-0.1, -0.05) is 0 Å². The molecule has 2 aliphatic heterocycles. The molecule has 1 aromatic rings. The zero-order chi connectivity index (χ0) is 13.7. The van der Waals surface area contributed by atoms with Gasteiger partial charge in [-0.3, -0.25) is 4.98 Å². The first-order valence-electron chi connectivity index (χ1n) is 6.40. The van der Waals surface area contributed by atoms with Gasteiger partial charge in [-0.15, -0.1) is 0 Å². The zero-order valence-corrected chi connectivity index (χ0v) is 10.2. The van der Waals surface area contributed by atoms with Crippen molar-refractivity contribution >= 4 is 0 Å². The Morgan fingerprint density at radius 2 is 1.89 bits per heavy atom. The summed E-state index contributed by atoms with van der Waals surface area (Å²) in [7, 11) is 0. The van der Waals surface area contributed by atoms with Crippen LogP contribution in [0.5, 0.6) is 0 Å². The van der Waals surface area contributed by atoms with Gasteiger partial charge in [0.1, 0.15) is 5.60 Å². The number of hydrogen-bond donors (Lipinski definition) is 2. The number of alkyl halides is 3. The molecule has 2 aliphatic rings. The van der Waals surface area contributed by atoms with Gasteiger partial charge in [-0.2, -0.15) is 13.2 Å². The maximum absolute atomic E-state index is 13.0. The fourth-order valence-corrected chi connectivity index (χ4v) is 3.32. The van der Waals surface area contributed by atoms with E-state index in [1.165, 1.54) is 12.3 Å². The molecule has 0 amide bonds. The van der Waals surface area contributed by atoms with Gasteiger partial charge in [0.2, 0.25) is 0 Å². The molecule has 0 aliphatic carbocycles. The average Bonchev–Trinajstić information content (AvgIpc) is 2.68. The van der Waals surface area contributed by atoms with Gasteiger partial charge in [-0.05, 0) is 37.8 Å². The van der Waals surface area contributed by atoms with E-state index in [0.717, 1.165) is 18.9 Å². The van der Waals surface area contributed by atoms with E-state index in [4.69, 9.17) is 0 Å². The minimum atomic E-state index is -4.48. The van der Waals surface area contributed by atoms with E-state index >= 15 is 0 Å². The van der Waals surface area contributed by atoms with Crippen LogP contribution in [0.2, 0.25) is 0 Å². The fourth-order valence-electron chi connectivity index (χ4n) is 3.32. The monoisotopic (exact) mass is 272 g/mol. The van der Waals surface area contributed by atoms with Crippen LogP contribution < -0.4 is 5.32 Å². The van der Waals surface area contributed by atoms with Crippen molar-refractivity contribution in [2.75, 3.05) is 0 Å². The van der Waals surface area contributed by atoms with Crippen LogP contribution in [0.1, 0.15) is 36.9 Å². The smallest absolute Gasteiger partial charge is 0.383 e. The Balaban J connectivity index is 2.02. The Bertz CT molecular complexity index is 477. The summed E-state index contributed by atoms with van der Waals surface area (Å²) in [4.78, 5) is 3.84. The van der Waals surface area contributed by atoms with E-state index < -0.39 is 17.3 Å². The highest BCUT2D eigenvalue weighted by Gasteiger charge is 2.48. The van der Waals surface area contributed by atoms with Crippen LogP contribution in [-0.2, 0) is 11.8 Å². The van der Waals surface area contributed by atoms with Crippen molar-refractivity contribution in [1.82, 2.24) is 10.3 Å². The number of nitrogens with zero attached hydrogens (tertiary/aromatic N) is 1. The number of aliphatic hydroxyl groups is 1. The van der Waals surface area contributed by atoms with Crippen LogP contribution in [-0.4, -0.2) is 22.2 Å². The van der Waals surface area contributed by atoms with Crippen LogP contribution in [0.25, 0.3) is 0 Å². The first kappa shape index (κ1) is 12.9. The van der Waals surface area contributed by atoms with Gasteiger partial charge in [0.15, 0.2) is 0 Å². The molecule has 3 nitrogen and oxygen atoms in total. The second-order valence-electron chi connectivity index (χ2n) is 5.48. The third kappa shape index (κ3) is 2.23. The summed E-state index contributed by atoms with van der Waals surface area (Å²) in [5, 5.41) is 14.0. The van der Waals surface area contributed by atoms with Gasteiger partial charge in [0.05, 0.1) is 11.3 Å². The van der Waals surface area contributed by atoms with Gasteiger partial charge >= 0.3 is 6.18 Å². The van der Waals surface area contributed by atoms with Crippen LogP contribution >= 0.6 is 0 Å². The predicted molar refractivity (Wildman–Crippen MR) is 62.3 cm³/mol. The normalized spacial score (nSPS) is 34.5. The zero-order valence-electron chi connectivity index (χ0n) is 10.2. The lowest BCUT2D eigenvalue weighted by Crippen LogP contribution is -2.47. The van der Waals surface area contributed by atoms with Gasteiger partial charge < -0.3 is 10.4 Å². The van der Waals surface area contributed by atoms with Crippen molar-refractivity contribution < 1.29 is 18.3 Å². The summed E-state index contributed by atoms with van der Waals surface area (Å²) < 4.78 is 39.0. The largest absolute Gasteiger partial charge is 0.418 e. The molecule has 0 radical (unpaired) electrons. The summed E-state index contributed by atoms with van der Waals surface area (Å²) in [6.45, 7) is 0. The molecule has 3 heterocycles. The molecule has 1 aromatic heterocycles. The Morgan fingerprint density at radius 3 is 2.47 bits per heavy atom. The highest BCUT2D eigenvalue weighted by molar-refractivity contribution is 5.29. The lowest BCUT2D eigenvalue weighted by molar-refractivity contribution is -0.142. The first-order valence-corrected chi connectivity index (χ1v) is 6.40. The minimum Gasteiger partial charge on any atom is -0.383 e. The van der Waals surface area contributed by atoms with E-state index in [1.807, 2.05) is 0 Å². The van der Waals surface area contributed by atoms with Crippen molar-refractivity contribution in [3.63, 3.8) is 0 Å². The average molecular weight is 272 g/mol. The number of nitrogens with one attached hydrogen (secondary N) is 1. The molecule has 6 heteroatoms. The molecule has 0 aromatic carbocycles. The van der Waals surface area contributed by atoms with E-state index in [0.29, 0.717) is 12.8 Å². The van der Waals surface area contributed by atoms with Crippen molar-refractivity contribution in [3.8, 4) is 0 Å². The molecule has 19 heavy (non-hydrogen) atoms. The Labute approximate surface area is 108 Å². The summed E-state index contributed by atoms with van der Waals surface area (Å²) in [6.07, 6.45) is -0.773. The number of aromatic nitrogens is 1. The lowest BCUT2D eigenvalue weighted by atomic mass is 9.82. The fraction of sp³-hybridized carbons (Fsp3) is 0.615. The number of piperidine rings is 1. The summed E-state index contributed by atoms with van der Waals surface area (Å²) in [6, 6.07) is 2.42. The molecule has 2 N–H and O–H groups in total.